The molecule has 0 spiro atoms. The van der Waals surface area contributed by atoms with E-state index in [1.807, 2.05) is 35.0 Å². The molecule has 0 atom stereocenters. The summed E-state index contributed by atoms with van der Waals surface area (Å²) < 4.78 is 2.03. The van der Waals surface area contributed by atoms with E-state index in [0.717, 1.165) is 22.9 Å². The van der Waals surface area contributed by atoms with Crippen LogP contribution in [0.2, 0.25) is 0 Å². The Bertz CT molecular complexity index is 1160. The van der Waals surface area contributed by atoms with Crippen LogP contribution in [0.4, 0.5) is 0 Å². The second-order valence-corrected chi connectivity index (χ2v) is 6.82. The lowest BCUT2D eigenvalue weighted by molar-refractivity contribution is -0.657. The molecule has 0 bridgehead atoms. The molecule has 0 aliphatic heterocycles. The molecule has 0 unspecified atom stereocenters. The fraction of sp³-hybridized carbons (Fsp3) is 0.0833. The number of aromatic nitrogens is 1. The summed E-state index contributed by atoms with van der Waals surface area (Å²) in [7, 11) is 0. The first-order chi connectivity index (χ1) is 12.8. The summed E-state index contributed by atoms with van der Waals surface area (Å²) in [5, 5.41) is 1.15. The first kappa shape index (κ1) is 17.6. The standard InChI is InChI=1S/C24H18NO.BrH/c26-24(16-25-13-5-8-17-6-2-4-10-23(17)25)19-11-12-22-20(15-19)14-18-7-1-3-9-21(18)22;/h1-13,15H,14,16H2;1H/q+1;/p-1. The second-order valence-electron chi connectivity index (χ2n) is 6.82. The van der Waals surface area contributed by atoms with Gasteiger partial charge in [-0.15, -0.1) is 0 Å². The summed E-state index contributed by atoms with van der Waals surface area (Å²) in [6, 6.07) is 26.8. The highest BCUT2D eigenvalue weighted by Gasteiger charge is 2.21. The number of halogens is 1. The third-order valence-electron chi connectivity index (χ3n) is 5.22. The Hall–Kier alpha value is -2.78. The predicted octanol–water partition coefficient (Wildman–Crippen LogP) is 1.59. The SMILES string of the molecule is O=C(C[n+]1cccc2ccccc21)c1ccc2c(c1)Cc1ccccc1-2.[Br-]. The van der Waals surface area contributed by atoms with Crippen molar-refractivity contribution in [3.8, 4) is 11.1 Å². The lowest BCUT2D eigenvalue weighted by atomic mass is 10.0. The number of para-hydroxylation sites is 1. The molecule has 3 aromatic carbocycles. The van der Waals surface area contributed by atoms with Crippen molar-refractivity contribution in [2.75, 3.05) is 0 Å². The molecule has 0 saturated carbocycles. The molecule has 3 heteroatoms. The fourth-order valence-corrected chi connectivity index (χ4v) is 3.92. The van der Waals surface area contributed by atoms with Crippen molar-refractivity contribution in [2.24, 2.45) is 0 Å². The van der Waals surface area contributed by atoms with Crippen molar-refractivity contribution in [2.45, 2.75) is 13.0 Å². The zero-order valence-electron chi connectivity index (χ0n) is 14.7. The smallest absolute Gasteiger partial charge is 0.227 e. The first-order valence-corrected chi connectivity index (χ1v) is 8.91. The van der Waals surface area contributed by atoms with Crippen molar-refractivity contribution in [1.82, 2.24) is 0 Å². The highest BCUT2D eigenvalue weighted by molar-refractivity contribution is 5.96. The maximum atomic E-state index is 12.9. The molecule has 0 saturated heterocycles. The van der Waals surface area contributed by atoms with Gasteiger partial charge in [0, 0.05) is 23.1 Å². The van der Waals surface area contributed by atoms with E-state index in [2.05, 4.69) is 54.6 Å². The zero-order valence-corrected chi connectivity index (χ0v) is 16.3. The van der Waals surface area contributed by atoms with Crippen LogP contribution in [0.5, 0.6) is 0 Å². The third kappa shape index (κ3) is 3.08. The molecule has 27 heavy (non-hydrogen) atoms. The normalized spacial score (nSPS) is 11.6. The van der Waals surface area contributed by atoms with Crippen molar-refractivity contribution in [3.05, 3.63) is 102 Å². The van der Waals surface area contributed by atoms with Crippen molar-refractivity contribution in [1.29, 1.82) is 0 Å². The van der Waals surface area contributed by atoms with Crippen molar-refractivity contribution in [3.63, 3.8) is 0 Å². The largest absolute Gasteiger partial charge is 1.00 e. The monoisotopic (exact) mass is 415 g/mol. The van der Waals surface area contributed by atoms with Crippen LogP contribution in [0.25, 0.3) is 22.0 Å². The molecular weight excluding hydrogens is 398 g/mol. The molecule has 0 fully saturated rings. The second kappa shape index (κ2) is 7.09. The van der Waals surface area contributed by atoms with Crippen LogP contribution < -0.4 is 21.5 Å². The number of ketones is 1. The number of hydrogen-bond acceptors (Lipinski definition) is 1. The van der Waals surface area contributed by atoms with Gasteiger partial charge in [0.05, 0.1) is 0 Å². The lowest BCUT2D eigenvalue weighted by Crippen LogP contribution is -3.00. The maximum Gasteiger partial charge on any atom is 0.227 e. The first-order valence-electron chi connectivity index (χ1n) is 8.91. The van der Waals surface area contributed by atoms with Gasteiger partial charge in [0.2, 0.25) is 17.8 Å². The summed E-state index contributed by atoms with van der Waals surface area (Å²) in [6.45, 7) is 0.354. The summed E-state index contributed by atoms with van der Waals surface area (Å²) >= 11 is 0. The predicted molar refractivity (Wildman–Crippen MR) is 103 cm³/mol. The highest BCUT2D eigenvalue weighted by atomic mass is 79.9. The lowest BCUT2D eigenvalue weighted by Gasteiger charge is -2.05. The summed E-state index contributed by atoms with van der Waals surface area (Å²) in [5.74, 6) is 0.144. The van der Waals surface area contributed by atoms with Crippen molar-refractivity contribution < 1.29 is 26.3 Å². The van der Waals surface area contributed by atoms with E-state index in [1.54, 1.807) is 0 Å². The van der Waals surface area contributed by atoms with Gasteiger partial charge in [-0.3, -0.25) is 4.79 Å². The molecule has 0 radical (unpaired) electrons. The van der Waals surface area contributed by atoms with E-state index in [4.69, 9.17) is 0 Å². The van der Waals surface area contributed by atoms with Crippen LogP contribution in [0.1, 0.15) is 21.5 Å². The zero-order chi connectivity index (χ0) is 17.5. The van der Waals surface area contributed by atoms with Gasteiger partial charge in [-0.1, -0.05) is 48.5 Å². The number of benzene rings is 3. The molecule has 2 nitrogen and oxygen atoms in total. The minimum absolute atomic E-state index is 0. The van der Waals surface area contributed by atoms with Gasteiger partial charge in [-0.05, 0) is 46.9 Å². The topological polar surface area (TPSA) is 20.9 Å². The molecule has 5 rings (SSSR count). The summed E-state index contributed by atoms with van der Waals surface area (Å²) in [5.41, 5.74) is 7.02. The molecule has 0 N–H and O–H groups in total. The van der Waals surface area contributed by atoms with Gasteiger partial charge in [0.25, 0.3) is 0 Å². The molecule has 0 amide bonds. The quantitative estimate of drug-likeness (QED) is 0.323. The van der Waals surface area contributed by atoms with Gasteiger partial charge in [0.15, 0.2) is 6.20 Å². The van der Waals surface area contributed by atoms with Crippen molar-refractivity contribution >= 4 is 16.7 Å². The van der Waals surface area contributed by atoms with Crippen LogP contribution in [0.3, 0.4) is 0 Å². The van der Waals surface area contributed by atoms with E-state index in [-0.39, 0.29) is 22.8 Å². The number of carbonyl (C=O) groups is 1. The number of rotatable bonds is 3. The van der Waals surface area contributed by atoms with Gasteiger partial charge < -0.3 is 17.0 Å². The molecule has 132 valence electrons. The molecule has 1 aliphatic rings. The maximum absolute atomic E-state index is 12.9. The number of carbonyl (C=O) groups excluding carboxylic acids is 1. The molecule has 1 aliphatic carbocycles. The molecule has 1 aromatic heterocycles. The fourth-order valence-electron chi connectivity index (χ4n) is 3.92. The minimum Gasteiger partial charge on any atom is -1.00 e. The number of hydrogen-bond donors (Lipinski definition) is 0. The Morgan fingerprint density at radius 3 is 2.48 bits per heavy atom. The number of fused-ring (bicyclic) bond motifs is 4. The summed E-state index contributed by atoms with van der Waals surface area (Å²) in [6.07, 6.45) is 2.89. The van der Waals surface area contributed by atoms with Crippen LogP contribution in [0.15, 0.2) is 85.1 Å². The molecular formula is C24H18BrNO. The van der Waals surface area contributed by atoms with Crippen LogP contribution >= 0.6 is 0 Å². The Morgan fingerprint density at radius 1 is 0.815 bits per heavy atom. The average molecular weight is 416 g/mol. The van der Waals surface area contributed by atoms with E-state index < -0.39 is 0 Å². The van der Waals surface area contributed by atoms with Crippen LogP contribution in [0, 0.1) is 0 Å². The van der Waals surface area contributed by atoms with E-state index in [9.17, 15) is 4.79 Å². The summed E-state index contributed by atoms with van der Waals surface area (Å²) in [4.78, 5) is 12.9. The average Bonchev–Trinajstić information content (AvgIpc) is 3.06. The third-order valence-corrected chi connectivity index (χ3v) is 5.22. The van der Waals surface area contributed by atoms with Gasteiger partial charge in [-0.2, -0.15) is 4.57 Å². The molecule has 1 heterocycles. The van der Waals surface area contributed by atoms with Gasteiger partial charge in [-0.25, -0.2) is 0 Å². The Kier molecular flexibility index (Phi) is 4.63. The van der Waals surface area contributed by atoms with Gasteiger partial charge in [0.1, 0.15) is 0 Å². The van der Waals surface area contributed by atoms with E-state index in [1.165, 1.54) is 22.3 Å². The minimum atomic E-state index is 0. The molecule has 4 aromatic rings. The van der Waals surface area contributed by atoms with E-state index >= 15 is 0 Å². The van der Waals surface area contributed by atoms with Crippen LogP contribution in [-0.4, -0.2) is 5.78 Å². The highest BCUT2D eigenvalue weighted by Crippen LogP contribution is 2.36. The number of pyridine rings is 1. The van der Waals surface area contributed by atoms with Crippen LogP contribution in [-0.2, 0) is 13.0 Å². The Labute approximate surface area is 168 Å². The van der Waals surface area contributed by atoms with E-state index in [0.29, 0.717) is 6.54 Å². The Balaban J connectivity index is 0.00000180. The van der Waals surface area contributed by atoms with Gasteiger partial charge >= 0.3 is 0 Å². The Morgan fingerprint density at radius 2 is 1.56 bits per heavy atom. The number of Topliss-reactive ketones (excluding diaryl/α,β-unsaturated/α-hetero) is 1. The number of nitrogens with zero attached hydrogens (tertiary/aromatic N) is 1.